The number of benzene rings is 2. The Balaban J connectivity index is 1.53. The average molecular weight is 691 g/mol. The first-order valence-corrected chi connectivity index (χ1v) is 18.5. The fourth-order valence-electron chi connectivity index (χ4n) is 7.70. The number of aliphatic carboxylic acids is 1. The predicted molar refractivity (Wildman–Crippen MR) is 207 cm³/mol. The Labute approximate surface area is 303 Å². The second-order valence-electron chi connectivity index (χ2n) is 15.0. The van der Waals surface area contributed by atoms with Crippen molar-refractivity contribution in [2.24, 2.45) is 10.4 Å². The van der Waals surface area contributed by atoms with E-state index in [9.17, 15) is 14.4 Å². The topological polar surface area (TPSA) is 111 Å². The first kappa shape index (κ1) is 37.5. The molecule has 5 rings (SSSR count). The maximum Gasteiger partial charge on any atom is 0.303 e. The summed E-state index contributed by atoms with van der Waals surface area (Å²) in [5, 5.41) is 15.1. The zero-order valence-corrected chi connectivity index (χ0v) is 31.1. The summed E-state index contributed by atoms with van der Waals surface area (Å²) in [5.41, 5.74) is 6.62. The third-order valence-electron chi connectivity index (χ3n) is 10.6. The van der Waals surface area contributed by atoms with E-state index in [1.54, 1.807) is 0 Å². The molecule has 3 N–H and O–H groups in total. The predicted octanol–water partition coefficient (Wildman–Crippen LogP) is 8.23. The summed E-state index contributed by atoms with van der Waals surface area (Å²) >= 11 is 0. The molecule has 2 aromatic rings. The van der Waals surface area contributed by atoms with Crippen LogP contribution in [-0.2, 0) is 25.2 Å². The number of allylic oxidation sites excluding steroid dienone is 8. The third-order valence-corrected chi connectivity index (χ3v) is 10.6. The SMILES string of the molecule is CCCNC(=O)C1(C(=O)NCCCCCC(=O)O)CC(/C=C/C2=Nc3ccccc3C2(C)C)=CC(=C/C=C2/N(CC)c3ccccc3C2(C)C)/C1. The van der Waals surface area contributed by atoms with E-state index >= 15 is 0 Å². The molecular formula is C43H54N4O4. The number of amides is 2. The summed E-state index contributed by atoms with van der Waals surface area (Å²) in [5.74, 6) is -1.40. The summed E-state index contributed by atoms with van der Waals surface area (Å²) in [6, 6.07) is 16.7. The van der Waals surface area contributed by atoms with Crippen molar-refractivity contribution in [2.75, 3.05) is 24.5 Å². The molecule has 0 aromatic heterocycles. The Morgan fingerprint density at radius 3 is 2.20 bits per heavy atom. The van der Waals surface area contributed by atoms with Crippen LogP contribution in [-0.4, -0.2) is 48.2 Å². The maximum absolute atomic E-state index is 14.3. The highest BCUT2D eigenvalue weighted by molar-refractivity contribution is 6.09. The van der Waals surface area contributed by atoms with Gasteiger partial charge in [-0.05, 0) is 85.6 Å². The minimum Gasteiger partial charge on any atom is -0.481 e. The molecule has 2 aliphatic heterocycles. The van der Waals surface area contributed by atoms with E-state index in [1.165, 1.54) is 22.5 Å². The van der Waals surface area contributed by atoms with Gasteiger partial charge in [-0.3, -0.25) is 19.4 Å². The highest BCUT2D eigenvalue weighted by Crippen LogP contribution is 2.48. The molecule has 0 bridgehead atoms. The molecule has 8 nitrogen and oxygen atoms in total. The fraction of sp³-hybridized carbons (Fsp3) is 0.442. The Morgan fingerprint density at radius 1 is 0.824 bits per heavy atom. The number of fused-ring (bicyclic) bond motifs is 2. The van der Waals surface area contributed by atoms with E-state index < -0.39 is 11.4 Å². The van der Waals surface area contributed by atoms with Gasteiger partial charge in [0.15, 0.2) is 0 Å². The molecule has 1 unspecified atom stereocenters. The molecule has 0 fully saturated rings. The number of likely N-dealkylation sites (N-methyl/N-ethyl adjacent to an activating group) is 1. The smallest absolute Gasteiger partial charge is 0.303 e. The van der Waals surface area contributed by atoms with E-state index in [1.807, 2.05) is 37.3 Å². The molecule has 3 aliphatic rings. The number of anilines is 1. The summed E-state index contributed by atoms with van der Waals surface area (Å²) in [6.45, 7) is 14.6. The number of carbonyl (C=O) groups is 3. The van der Waals surface area contributed by atoms with Crippen molar-refractivity contribution < 1.29 is 19.5 Å². The molecular weight excluding hydrogens is 636 g/mol. The van der Waals surface area contributed by atoms with E-state index in [4.69, 9.17) is 10.1 Å². The van der Waals surface area contributed by atoms with Crippen molar-refractivity contribution in [2.45, 2.75) is 97.3 Å². The van der Waals surface area contributed by atoms with Gasteiger partial charge in [0, 0.05) is 48.3 Å². The van der Waals surface area contributed by atoms with Crippen LogP contribution >= 0.6 is 0 Å². The molecule has 0 spiro atoms. The zero-order chi connectivity index (χ0) is 36.8. The molecule has 2 amide bonds. The first-order chi connectivity index (χ1) is 24.3. The zero-order valence-electron chi connectivity index (χ0n) is 31.1. The summed E-state index contributed by atoms with van der Waals surface area (Å²) in [7, 11) is 0. The molecule has 2 aromatic carbocycles. The van der Waals surface area contributed by atoms with Crippen molar-refractivity contribution in [1.29, 1.82) is 0 Å². The Kier molecular flexibility index (Phi) is 11.5. The molecule has 51 heavy (non-hydrogen) atoms. The van der Waals surface area contributed by atoms with Crippen molar-refractivity contribution >= 4 is 34.9 Å². The van der Waals surface area contributed by atoms with Crippen LogP contribution in [0.15, 0.2) is 101 Å². The number of carboxylic acids is 1. The number of aliphatic imine (C=N–C) groups is 1. The monoisotopic (exact) mass is 690 g/mol. The van der Waals surface area contributed by atoms with Gasteiger partial charge in [0.25, 0.3) is 0 Å². The lowest BCUT2D eigenvalue weighted by Gasteiger charge is -2.35. The third kappa shape index (κ3) is 7.80. The number of para-hydroxylation sites is 2. The lowest BCUT2D eigenvalue weighted by molar-refractivity contribution is -0.144. The molecule has 8 heteroatoms. The normalized spacial score (nSPS) is 21.7. The largest absolute Gasteiger partial charge is 0.481 e. The van der Waals surface area contributed by atoms with Gasteiger partial charge in [0.2, 0.25) is 11.8 Å². The minimum absolute atomic E-state index is 0.103. The summed E-state index contributed by atoms with van der Waals surface area (Å²) in [6.07, 6.45) is 13.7. The van der Waals surface area contributed by atoms with Crippen LogP contribution in [0.5, 0.6) is 0 Å². The quantitative estimate of drug-likeness (QED) is 0.137. The van der Waals surface area contributed by atoms with Crippen LogP contribution in [0.4, 0.5) is 11.4 Å². The number of carboxylic acid groups (broad SMARTS) is 1. The first-order valence-electron chi connectivity index (χ1n) is 18.5. The number of nitrogens with one attached hydrogen (secondary N) is 2. The van der Waals surface area contributed by atoms with Gasteiger partial charge in [-0.2, -0.15) is 0 Å². The molecule has 1 aliphatic carbocycles. The Bertz CT molecular complexity index is 1810. The highest BCUT2D eigenvalue weighted by Gasteiger charge is 2.48. The van der Waals surface area contributed by atoms with Crippen LogP contribution in [0.25, 0.3) is 0 Å². The van der Waals surface area contributed by atoms with E-state index in [2.05, 4.69) is 98.7 Å². The van der Waals surface area contributed by atoms with E-state index in [-0.39, 0.29) is 41.9 Å². The Morgan fingerprint density at radius 2 is 1.51 bits per heavy atom. The molecule has 0 radical (unpaired) electrons. The minimum atomic E-state index is -1.36. The van der Waals surface area contributed by atoms with E-state index in [0.29, 0.717) is 32.4 Å². The number of rotatable bonds is 14. The van der Waals surface area contributed by atoms with Crippen LogP contribution in [0.1, 0.15) is 97.6 Å². The number of hydrogen-bond donors (Lipinski definition) is 3. The van der Waals surface area contributed by atoms with Gasteiger partial charge >= 0.3 is 5.97 Å². The van der Waals surface area contributed by atoms with Gasteiger partial charge in [-0.15, -0.1) is 0 Å². The number of unbranched alkanes of at least 4 members (excludes halogenated alkanes) is 2. The second-order valence-corrected chi connectivity index (χ2v) is 15.0. The molecule has 2 heterocycles. The van der Waals surface area contributed by atoms with Gasteiger partial charge in [-0.25, -0.2) is 0 Å². The fourth-order valence-corrected chi connectivity index (χ4v) is 7.70. The second kappa shape index (κ2) is 15.7. The lowest BCUT2D eigenvalue weighted by atomic mass is 9.70. The van der Waals surface area contributed by atoms with Crippen molar-refractivity contribution in [1.82, 2.24) is 10.6 Å². The molecule has 1 atom stereocenters. The standard InChI is InChI=1S/C43H54N4O4/c1-7-25-44-39(50)43(40(51)45-26-15-9-10-20-38(48)49)28-30(21-23-36-41(3,4)32-16-11-13-18-34(32)46-36)27-31(29-43)22-24-37-42(5,6)33-17-12-14-19-35(33)47(37)8-2/h11-14,16-19,21-24,27H,7-10,15,20,25-26,28-29H2,1-6H3,(H,44,50)(H,45,51)(H,48,49)/b23-21+,31-22-,37-24+. The van der Waals surface area contributed by atoms with Crippen molar-refractivity contribution in [3.63, 3.8) is 0 Å². The van der Waals surface area contributed by atoms with Crippen LogP contribution < -0.4 is 15.5 Å². The molecule has 0 saturated carbocycles. The highest BCUT2D eigenvalue weighted by atomic mass is 16.4. The average Bonchev–Trinajstić information content (AvgIpc) is 3.50. The molecule has 0 saturated heterocycles. The van der Waals surface area contributed by atoms with Crippen molar-refractivity contribution in [3.8, 4) is 0 Å². The van der Waals surface area contributed by atoms with Crippen LogP contribution in [0.2, 0.25) is 0 Å². The Hall–Kier alpha value is -4.72. The van der Waals surface area contributed by atoms with Gasteiger partial charge in [0.05, 0.1) is 11.4 Å². The summed E-state index contributed by atoms with van der Waals surface area (Å²) < 4.78 is 0. The maximum atomic E-state index is 14.3. The number of hydrogen-bond acceptors (Lipinski definition) is 5. The van der Waals surface area contributed by atoms with Crippen LogP contribution in [0.3, 0.4) is 0 Å². The van der Waals surface area contributed by atoms with Crippen LogP contribution in [0, 0.1) is 5.41 Å². The molecule has 270 valence electrons. The van der Waals surface area contributed by atoms with Crippen molar-refractivity contribution in [3.05, 3.63) is 107 Å². The van der Waals surface area contributed by atoms with Gasteiger partial charge in [0.1, 0.15) is 5.41 Å². The van der Waals surface area contributed by atoms with Gasteiger partial charge in [-0.1, -0.05) is 95.7 Å². The number of carbonyl (C=O) groups excluding carboxylic acids is 2. The summed E-state index contributed by atoms with van der Waals surface area (Å²) in [4.78, 5) is 46.7. The number of nitrogens with zero attached hydrogens (tertiary/aromatic N) is 2. The van der Waals surface area contributed by atoms with E-state index in [0.717, 1.165) is 35.5 Å². The lowest BCUT2D eigenvalue weighted by Crippen LogP contribution is -2.53. The van der Waals surface area contributed by atoms with Gasteiger partial charge < -0.3 is 20.6 Å².